The quantitative estimate of drug-likeness (QED) is 0.392. The molecular weight excluding hydrogens is 302 g/mol. The normalized spacial score (nSPS) is 11.3. The molecule has 0 saturated heterocycles. The number of nitro groups is 1. The zero-order chi connectivity index (χ0) is 15.5. The number of rotatable bonds is 6. The molecule has 0 unspecified atom stereocenters. The summed E-state index contributed by atoms with van der Waals surface area (Å²) < 4.78 is 31.2. The molecule has 0 radical (unpaired) electrons. The summed E-state index contributed by atoms with van der Waals surface area (Å²) in [5.74, 6) is 5.42. The predicted molar refractivity (Wildman–Crippen MR) is 71.4 cm³/mol. The fourth-order valence-corrected chi connectivity index (χ4v) is 2.70. The van der Waals surface area contributed by atoms with Gasteiger partial charge in [-0.15, -0.1) is 0 Å². The molecule has 2 aromatic rings. The van der Waals surface area contributed by atoms with Crippen LogP contribution in [0.1, 0.15) is 5.76 Å². The lowest BCUT2D eigenvalue weighted by Crippen LogP contribution is -2.24. The number of anilines is 1. The van der Waals surface area contributed by atoms with Gasteiger partial charge in [-0.05, 0) is 12.1 Å². The maximum absolute atomic E-state index is 12.1. The van der Waals surface area contributed by atoms with E-state index in [-0.39, 0.29) is 18.0 Å². The van der Waals surface area contributed by atoms with Crippen molar-refractivity contribution < 1.29 is 17.9 Å². The van der Waals surface area contributed by atoms with Crippen molar-refractivity contribution in [1.82, 2.24) is 9.88 Å². The van der Waals surface area contributed by atoms with E-state index in [0.29, 0.717) is 0 Å². The zero-order valence-corrected chi connectivity index (χ0v) is 11.3. The van der Waals surface area contributed by atoms with Crippen LogP contribution in [0.3, 0.4) is 0 Å². The molecule has 11 heteroatoms. The number of nitrogens with zero attached hydrogens (tertiary/aromatic N) is 2. The van der Waals surface area contributed by atoms with Gasteiger partial charge in [-0.25, -0.2) is 13.1 Å². The maximum atomic E-state index is 12.1. The third-order valence-corrected chi connectivity index (χ3v) is 3.99. The minimum absolute atomic E-state index is 0.170. The fourth-order valence-electron chi connectivity index (χ4n) is 1.55. The van der Waals surface area contributed by atoms with Crippen LogP contribution < -0.4 is 16.0 Å². The molecule has 0 saturated carbocycles. The molecule has 0 aliphatic rings. The highest BCUT2D eigenvalue weighted by Crippen LogP contribution is 2.26. The second-order valence-corrected chi connectivity index (χ2v) is 5.62. The summed E-state index contributed by atoms with van der Waals surface area (Å²) >= 11 is 0. The number of hydrazine groups is 1. The lowest BCUT2D eigenvalue weighted by Gasteiger charge is -2.07. The Labute approximate surface area is 119 Å². The van der Waals surface area contributed by atoms with Crippen LogP contribution in [0.2, 0.25) is 0 Å². The van der Waals surface area contributed by atoms with Crippen LogP contribution in [-0.4, -0.2) is 18.5 Å². The summed E-state index contributed by atoms with van der Waals surface area (Å²) in [6, 6.07) is 4.91. The van der Waals surface area contributed by atoms with E-state index < -0.39 is 25.5 Å². The first-order valence-electron chi connectivity index (χ1n) is 5.58. The van der Waals surface area contributed by atoms with Gasteiger partial charge in [-0.2, -0.15) is 0 Å². The van der Waals surface area contributed by atoms with Crippen LogP contribution in [0.15, 0.2) is 39.9 Å². The van der Waals surface area contributed by atoms with E-state index in [1.54, 1.807) is 0 Å². The van der Waals surface area contributed by atoms with Crippen LogP contribution in [0.25, 0.3) is 0 Å². The first kappa shape index (κ1) is 14.9. The summed E-state index contributed by atoms with van der Waals surface area (Å²) in [6.45, 7) is -0.170. The number of nitrogens with two attached hydrogens (primary N) is 1. The Morgan fingerprint density at radius 1 is 1.38 bits per heavy atom. The van der Waals surface area contributed by atoms with Gasteiger partial charge in [0.05, 0.1) is 23.4 Å². The number of benzene rings is 1. The van der Waals surface area contributed by atoms with Crippen molar-refractivity contribution in [3.63, 3.8) is 0 Å². The van der Waals surface area contributed by atoms with E-state index in [1.807, 2.05) is 0 Å². The molecule has 0 aliphatic carbocycles. The first-order chi connectivity index (χ1) is 9.94. The van der Waals surface area contributed by atoms with Gasteiger partial charge >= 0.3 is 0 Å². The molecule has 10 nitrogen and oxygen atoms in total. The molecule has 21 heavy (non-hydrogen) atoms. The monoisotopic (exact) mass is 313 g/mol. The maximum Gasteiger partial charge on any atom is 0.291 e. The summed E-state index contributed by atoms with van der Waals surface area (Å²) in [5.41, 5.74) is 1.84. The average Bonchev–Trinajstić information content (AvgIpc) is 2.98. The van der Waals surface area contributed by atoms with E-state index in [1.165, 1.54) is 18.3 Å². The van der Waals surface area contributed by atoms with Crippen molar-refractivity contribution in [1.29, 1.82) is 0 Å². The van der Waals surface area contributed by atoms with E-state index in [2.05, 4.69) is 15.3 Å². The molecule has 112 valence electrons. The Morgan fingerprint density at radius 2 is 2.14 bits per heavy atom. The SMILES string of the molecule is NNc1ccc(S(=O)(=O)NCc2ccno2)c([N+](=O)[O-])c1. The van der Waals surface area contributed by atoms with Crippen molar-refractivity contribution in [2.75, 3.05) is 5.43 Å². The number of aromatic nitrogens is 1. The highest BCUT2D eigenvalue weighted by molar-refractivity contribution is 7.89. The third kappa shape index (κ3) is 3.34. The highest BCUT2D eigenvalue weighted by Gasteiger charge is 2.26. The summed E-state index contributed by atoms with van der Waals surface area (Å²) in [6.07, 6.45) is 1.35. The van der Waals surface area contributed by atoms with Gasteiger partial charge in [0.15, 0.2) is 10.7 Å². The van der Waals surface area contributed by atoms with Gasteiger partial charge in [0, 0.05) is 12.1 Å². The lowest BCUT2D eigenvalue weighted by atomic mass is 10.3. The van der Waals surface area contributed by atoms with Crippen LogP contribution >= 0.6 is 0 Å². The Morgan fingerprint density at radius 3 is 2.71 bits per heavy atom. The van der Waals surface area contributed by atoms with E-state index in [9.17, 15) is 18.5 Å². The molecule has 1 aromatic carbocycles. The van der Waals surface area contributed by atoms with Crippen molar-refractivity contribution in [3.05, 3.63) is 46.3 Å². The molecule has 0 aliphatic heterocycles. The van der Waals surface area contributed by atoms with E-state index in [0.717, 1.165) is 12.1 Å². The molecule has 2 rings (SSSR count). The number of nitro benzene ring substituents is 1. The van der Waals surface area contributed by atoms with E-state index in [4.69, 9.17) is 10.4 Å². The van der Waals surface area contributed by atoms with Gasteiger partial charge < -0.3 is 9.95 Å². The molecule has 0 fully saturated rings. The molecular formula is C10H11N5O5S. The highest BCUT2D eigenvalue weighted by atomic mass is 32.2. The van der Waals surface area contributed by atoms with Gasteiger partial charge in [0.2, 0.25) is 10.0 Å². The van der Waals surface area contributed by atoms with Crippen LogP contribution in [0, 0.1) is 10.1 Å². The molecule has 0 spiro atoms. The number of hydrogen-bond acceptors (Lipinski definition) is 8. The summed E-state index contributed by atoms with van der Waals surface area (Å²) in [7, 11) is -4.09. The minimum Gasteiger partial charge on any atom is -0.360 e. The molecule has 1 aromatic heterocycles. The average molecular weight is 313 g/mol. The second-order valence-electron chi connectivity index (χ2n) is 3.89. The number of nitrogen functional groups attached to an aromatic ring is 1. The standard InChI is InChI=1S/C10H11N5O5S/c11-14-7-1-2-10(9(5-7)15(16)17)21(18,19)13-6-8-3-4-12-20-8/h1-5,13-14H,6,11H2. The number of hydrogen-bond donors (Lipinski definition) is 3. The molecule has 4 N–H and O–H groups in total. The molecule has 0 amide bonds. The Balaban J connectivity index is 2.32. The van der Waals surface area contributed by atoms with E-state index >= 15 is 0 Å². The largest absolute Gasteiger partial charge is 0.360 e. The zero-order valence-electron chi connectivity index (χ0n) is 10.5. The van der Waals surface area contributed by atoms with Gasteiger partial charge in [-0.1, -0.05) is 5.16 Å². The van der Waals surface area contributed by atoms with Crippen molar-refractivity contribution in [2.24, 2.45) is 5.84 Å². The first-order valence-corrected chi connectivity index (χ1v) is 7.06. The molecule has 0 bridgehead atoms. The van der Waals surface area contributed by atoms with Gasteiger partial charge in [0.25, 0.3) is 5.69 Å². The summed E-state index contributed by atoms with van der Waals surface area (Å²) in [5, 5.41) is 14.4. The van der Waals surface area contributed by atoms with Crippen LogP contribution in [-0.2, 0) is 16.6 Å². The Bertz CT molecular complexity index is 743. The van der Waals surface area contributed by atoms with Crippen molar-refractivity contribution in [3.8, 4) is 0 Å². The second kappa shape index (κ2) is 5.87. The van der Waals surface area contributed by atoms with Crippen molar-refractivity contribution >= 4 is 21.4 Å². The van der Waals surface area contributed by atoms with Gasteiger partial charge in [0.1, 0.15) is 0 Å². The fraction of sp³-hybridized carbons (Fsp3) is 0.100. The summed E-state index contributed by atoms with van der Waals surface area (Å²) in [4.78, 5) is 9.72. The molecule has 1 heterocycles. The third-order valence-electron chi connectivity index (χ3n) is 2.54. The topological polar surface area (TPSA) is 153 Å². The minimum atomic E-state index is -4.09. The number of nitrogens with one attached hydrogen (secondary N) is 2. The Hall–Kier alpha value is -2.50. The Kier molecular flexibility index (Phi) is 4.16. The lowest BCUT2D eigenvalue weighted by molar-refractivity contribution is -0.387. The predicted octanol–water partition coefficient (Wildman–Crippen LogP) is 0.347. The van der Waals surface area contributed by atoms with Crippen LogP contribution in [0.4, 0.5) is 11.4 Å². The van der Waals surface area contributed by atoms with Crippen molar-refractivity contribution in [2.45, 2.75) is 11.4 Å². The van der Waals surface area contributed by atoms with Crippen LogP contribution in [0.5, 0.6) is 0 Å². The smallest absolute Gasteiger partial charge is 0.291 e. The van der Waals surface area contributed by atoms with Gasteiger partial charge in [-0.3, -0.25) is 16.0 Å². The number of sulfonamides is 1. The molecule has 0 atom stereocenters.